The van der Waals surface area contributed by atoms with E-state index in [-0.39, 0.29) is 50.4 Å². The number of carbonyl (C=O) groups is 3. The van der Waals surface area contributed by atoms with Crippen LogP contribution in [0.5, 0.6) is 11.5 Å². The smallest absolute Gasteiger partial charge is 0.345 e. The van der Waals surface area contributed by atoms with Crippen LogP contribution in [-0.4, -0.2) is 28.6 Å². The Morgan fingerprint density at radius 2 is 1.67 bits per heavy atom. The lowest BCUT2D eigenvalue weighted by Crippen LogP contribution is -2.27. The summed E-state index contributed by atoms with van der Waals surface area (Å²) in [7, 11) is 0. The SMILES string of the molecule is CCOc1cc(/C=C2\SC(=O)N(Cc3ccc4ccccc4c3)C2=O)cc(Cl)c1OC(=O)c1ccccc1Cl. The summed E-state index contributed by atoms with van der Waals surface area (Å²) >= 11 is 13.5. The van der Waals surface area contributed by atoms with Crippen LogP contribution in [0.15, 0.2) is 83.8 Å². The number of carbonyl (C=O) groups excluding carboxylic acids is 3. The van der Waals surface area contributed by atoms with Crippen molar-refractivity contribution in [3.8, 4) is 11.5 Å². The summed E-state index contributed by atoms with van der Waals surface area (Å²) in [6.07, 6.45) is 1.57. The number of halogens is 2. The first-order valence-corrected chi connectivity index (χ1v) is 13.6. The van der Waals surface area contributed by atoms with Crippen LogP contribution in [0.4, 0.5) is 4.79 Å². The largest absolute Gasteiger partial charge is 0.490 e. The number of thioether (sulfide) groups is 1. The third-order valence-electron chi connectivity index (χ3n) is 5.95. The van der Waals surface area contributed by atoms with Gasteiger partial charge < -0.3 is 9.47 Å². The minimum atomic E-state index is -0.689. The molecule has 0 spiro atoms. The number of benzene rings is 4. The van der Waals surface area contributed by atoms with E-state index in [2.05, 4.69) is 0 Å². The van der Waals surface area contributed by atoms with Crippen molar-refractivity contribution in [1.82, 2.24) is 4.90 Å². The lowest BCUT2D eigenvalue weighted by atomic mass is 10.1. The van der Waals surface area contributed by atoms with E-state index >= 15 is 0 Å². The highest BCUT2D eigenvalue weighted by molar-refractivity contribution is 8.18. The fourth-order valence-corrected chi connectivity index (χ4v) is 5.42. The van der Waals surface area contributed by atoms with Gasteiger partial charge in [-0.05, 0) is 77.0 Å². The Morgan fingerprint density at radius 3 is 2.44 bits per heavy atom. The molecule has 196 valence electrons. The molecule has 0 bridgehead atoms. The molecular formula is C30H21Cl2NO5S. The monoisotopic (exact) mass is 577 g/mol. The van der Waals surface area contributed by atoms with Crippen molar-refractivity contribution in [3.63, 3.8) is 0 Å². The van der Waals surface area contributed by atoms with Gasteiger partial charge in [0.05, 0.1) is 33.7 Å². The van der Waals surface area contributed by atoms with Gasteiger partial charge in [0.15, 0.2) is 11.5 Å². The van der Waals surface area contributed by atoms with Gasteiger partial charge in [-0.15, -0.1) is 0 Å². The van der Waals surface area contributed by atoms with Gasteiger partial charge >= 0.3 is 5.97 Å². The lowest BCUT2D eigenvalue weighted by Gasteiger charge is -2.14. The van der Waals surface area contributed by atoms with Gasteiger partial charge in [0.2, 0.25) is 0 Å². The molecule has 0 N–H and O–H groups in total. The molecule has 0 aliphatic carbocycles. The van der Waals surface area contributed by atoms with Crippen molar-refractivity contribution in [1.29, 1.82) is 0 Å². The molecule has 0 saturated carbocycles. The van der Waals surface area contributed by atoms with Gasteiger partial charge in [-0.2, -0.15) is 0 Å². The van der Waals surface area contributed by atoms with Gasteiger partial charge in [0.1, 0.15) is 0 Å². The average Bonchev–Trinajstić information content (AvgIpc) is 3.18. The standard InChI is InChI=1S/C30H21Cl2NO5S/c1-2-37-25-15-19(14-24(32)27(25)38-29(35)22-9-5-6-10-23(22)31)16-26-28(34)33(30(36)39-26)17-18-11-12-20-7-3-4-8-21(20)13-18/h3-16H,2,17H2,1H3/b26-16-. The van der Waals surface area contributed by atoms with E-state index in [0.29, 0.717) is 5.56 Å². The van der Waals surface area contributed by atoms with E-state index in [9.17, 15) is 14.4 Å². The minimum Gasteiger partial charge on any atom is -0.490 e. The molecule has 4 aromatic carbocycles. The second kappa shape index (κ2) is 11.5. The average molecular weight is 578 g/mol. The van der Waals surface area contributed by atoms with E-state index in [0.717, 1.165) is 28.1 Å². The summed E-state index contributed by atoms with van der Waals surface area (Å²) in [6.45, 7) is 2.21. The van der Waals surface area contributed by atoms with Crippen molar-refractivity contribution in [3.05, 3.63) is 111 Å². The predicted octanol–water partition coefficient (Wildman–Crippen LogP) is 8.00. The Labute approximate surface area is 239 Å². The molecule has 2 amide bonds. The summed E-state index contributed by atoms with van der Waals surface area (Å²) in [5, 5.41) is 2.10. The van der Waals surface area contributed by atoms with E-state index in [1.54, 1.807) is 43.3 Å². The summed E-state index contributed by atoms with van der Waals surface area (Å²) in [4.78, 5) is 40.1. The van der Waals surface area contributed by atoms with E-state index in [4.69, 9.17) is 32.7 Å². The molecule has 5 rings (SSSR count). The molecule has 1 heterocycles. The van der Waals surface area contributed by atoms with Crippen molar-refractivity contribution in [2.75, 3.05) is 6.61 Å². The Kier molecular flexibility index (Phi) is 7.93. The lowest BCUT2D eigenvalue weighted by molar-refractivity contribution is -0.123. The van der Waals surface area contributed by atoms with Gasteiger partial charge in [0.25, 0.3) is 11.1 Å². The van der Waals surface area contributed by atoms with Gasteiger partial charge in [-0.3, -0.25) is 14.5 Å². The fraction of sp³-hybridized carbons (Fsp3) is 0.100. The predicted molar refractivity (Wildman–Crippen MR) is 154 cm³/mol. The highest BCUT2D eigenvalue weighted by atomic mass is 35.5. The molecule has 9 heteroatoms. The van der Waals surface area contributed by atoms with Crippen LogP contribution in [0.25, 0.3) is 16.8 Å². The van der Waals surface area contributed by atoms with Crippen molar-refractivity contribution < 1.29 is 23.9 Å². The zero-order chi connectivity index (χ0) is 27.5. The first-order valence-electron chi connectivity index (χ1n) is 12.0. The number of esters is 1. The highest BCUT2D eigenvalue weighted by Crippen LogP contribution is 2.40. The van der Waals surface area contributed by atoms with Gasteiger partial charge in [-0.25, -0.2) is 4.79 Å². The number of rotatable bonds is 7. The number of hydrogen-bond acceptors (Lipinski definition) is 6. The Balaban J connectivity index is 1.39. The maximum absolute atomic E-state index is 13.2. The molecular weight excluding hydrogens is 557 g/mol. The Hall–Kier alpha value is -3.78. The molecule has 39 heavy (non-hydrogen) atoms. The van der Waals surface area contributed by atoms with Crippen molar-refractivity contribution in [2.45, 2.75) is 13.5 Å². The Bertz CT molecular complexity index is 1650. The molecule has 1 aliphatic heterocycles. The molecule has 0 radical (unpaired) electrons. The maximum atomic E-state index is 13.2. The Morgan fingerprint density at radius 1 is 0.923 bits per heavy atom. The van der Waals surface area contributed by atoms with E-state index in [1.807, 2.05) is 42.5 Å². The van der Waals surface area contributed by atoms with Crippen LogP contribution < -0.4 is 9.47 Å². The number of ether oxygens (including phenoxy) is 2. The number of hydrogen-bond donors (Lipinski definition) is 0. The normalized spacial score (nSPS) is 14.3. The summed E-state index contributed by atoms with van der Waals surface area (Å²) < 4.78 is 11.2. The molecule has 0 aromatic heterocycles. The van der Waals surface area contributed by atoms with Crippen molar-refractivity contribution in [2.24, 2.45) is 0 Å². The third kappa shape index (κ3) is 5.81. The first-order chi connectivity index (χ1) is 18.8. The molecule has 0 atom stereocenters. The van der Waals surface area contributed by atoms with Crippen LogP contribution in [-0.2, 0) is 11.3 Å². The quantitative estimate of drug-likeness (QED) is 0.126. The fourth-order valence-electron chi connectivity index (χ4n) is 4.12. The second-order valence-electron chi connectivity index (χ2n) is 8.58. The third-order valence-corrected chi connectivity index (χ3v) is 7.46. The number of amides is 2. The second-order valence-corrected chi connectivity index (χ2v) is 10.4. The minimum absolute atomic E-state index is 0.0324. The molecule has 1 saturated heterocycles. The van der Waals surface area contributed by atoms with Crippen LogP contribution in [0.3, 0.4) is 0 Å². The summed E-state index contributed by atoms with van der Waals surface area (Å²) in [5.41, 5.74) is 1.54. The maximum Gasteiger partial charge on any atom is 0.345 e. The van der Waals surface area contributed by atoms with Gasteiger partial charge in [-0.1, -0.05) is 71.7 Å². The zero-order valence-corrected chi connectivity index (χ0v) is 23.0. The first kappa shape index (κ1) is 26.8. The van der Waals surface area contributed by atoms with Crippen LogP contribution >= 0.6 is 35.0 Å². The highest BCUT2D eigenvalue weighted by Gasteiger charge is 2.35. The van der Waals surface area contributed by atoms with Crippen molar-refractivity contribution >= 4 is 68.9 Å². The molecule has 6 nitrogen and oxygen atoms in total. The molecule has 4 aromatic rings. The van der Waals surface area contributed by atoms with Gasteiger partial charge in [0, 0.05) is 0 Å². The van der Waals surface area contributed by atoms with Crippen LogP contribution in [0, 0.1) is 0 Å². The summed E-state index contributed by atoms with van der Waals surface area (Å²) in [6, 6.07) is 23.4. The number of nitrogens with zero attached hydrogens (tertiary/aromatic N) is 1. The van der Waals surface area contributed by atoms with E-state index < -0.39 is 11.9 Å². The molecule has 1 aliphatic rings. The summed E-state index contributed by atoms with van der Waals surface area (Å²) in [5.74, 6) is -0.843. The van der Waals surface area contributed by atoms with E-state index in [1.165, 1.54) is 11.0 Å². The molecule has 0 unspecified atom stereocenters. The number of imide groups is 1. The van der Waals surface area contributed by atoms with Crippen LogP contribution in [0.2, 0.25) is 10.0 Å². The number of fused-ring (bicyclic) bond motifs is 1. The topological polar surface area (TPSA) is 72.9 Å². The van der Waals surface area contributed by atoms with Crippen LogP contribution in [0.1, 0.15) is 28.4 Å². The zero-order valence-electron chi connectivity index (χ0n) is 20.6. The molecule has 1 fully saturated rings.